The summed E-state index contributed by atoms with van der Waals surface area (Å²) in [6.45, 7) is 10.6. The van der Waals surface area contributed by atoms with Gasteiger partial charge in [-0.1, -0.05) is 44.2 Å². The van der Waals surface area contributed by atoms with Crippen LogP contribution >= 0.6 is 0 Å². The molecule has 2 aromatic rings. The van der Waals surface area contributed by atoms with Crippen molar-refractivity contribution in [1.29, 1.82) is 0 Å². The van der Waals surface area contributed by atoms with Crippen molar-refractivity contribution in [2.75, 3.05) is 31.1 Å². The molecule has 0 bridgehead atoms. The molecule has 1 fully saturated rings. The van der Waals surface area contributed by atoms with Gasteiger partial charge < -0.3 is 9.64 Å². The van der Waals surface area contributed by atoms with Gasteiger partial charge in [0.1, 0.15) is 0 Å². The summed E-state index contributed by atoms with van der Waals surface area (Å²) < 4.78 is 5.02. The van der Waals surface area contributed by atoms with Gasteiger partial charge in [-0.05, 0) is 67.2 Å². The lowest BCUT2D eigenvalue weighted by atomic mass is 9.91. The maximum absolute atomic E-state index is 13.0. The number of esters is 1. The molecular weight excluding hydrogens is 388 g/mol. The summed E-state index contributed by atoms with van der Waals surface area (Å²) in [7, 11) is 0. The van der Waals surface area contributed by atoms with E-state index in [0.29, 0.717) is 37.7 Å². The van der Waals surface area contributed by atoms with Gasteiger partial charge in [-0.25, -0.2) is 9.59 Å². The number of nitrogens with zero attached hydrogens (tertiary/aromatic N) is 2. The number of ether oxygens (including phenoxy) is 1. The largest absolute Gasteiger partial charge is 0.462 e. The number of amides is 2. The molecule has 31 heavy (non-hydrogen) atoms. The Bertz CT molecular complexity index is 947. The van der Waals surface area contributed by atoms with E-state index in [2.05, 4.69) is 51.1 Å². The predicted molar refractivity (Wildman–Crippen MR) is 126 cm³/mol. The quantitative estimate of drug-likeness (QED) is 0.513. The molecule has 1 saturated heterocycles. The normalized spacial score (nSPS) is 14.5. The van der Waals surface area contributed by atoms with Gasteiger partial charge in [-0.15, -0.1) is 0 Å². The highest BCUT2D eigenvalue weighted by Gasteiger charge is 2.29. The second-order valence-corrected chi connectivity index (χ2v) is 7.99. The monoisotopic (exact) mass is 420 g/mol. The average Bonchev–Trinajstić information content (AvgIpc) is 3.15. The molecule has 0 spiro atoms. The van der Waals surface area contributed by atoms with Crippen LogP contribution in [0.4, 0.5) is 10.5 Å². The van der Waals surface area contributed by atoms with Crippen LogP contribution in [0.5, 0.6) is 0 Å². The van der Waals surface area contributed by atoms with Crippen molar-refractivity contribution < 1.29 is 14.3 Å². The predicted octanol–water partition coefficient (Wildman–Crippen LogP) is 5.72. The van der Waals surface area contributed by atoms with Crippen molar-refractivity contribution in [3.05, 3.63) is 71.3 Å². The van der Waals surface area contributed by atoms with Crippen LogP contribution in [0.1, 0.15) is 61.5 Å². The summed E-state index contributed by atoms with van der Waals surface area (Å²) in [5.74, 6) is 0.108. The van der Waals surface area contributed by atoms with Crippen LogP contribution < -0.4 is 4.90 Å². The second kappa shape index (κ2) is 10.3. The van der Waals surface area contributed by atoms with Crippen molar-refractivity contribution in [1.82, 2.24) is 4.90 Å². The zero-order valence-corrected chi connectivity index (χ0v) is 18.9. The standard InChI is InChI=1S/C26H32N2O3/c1-5-20(24-10-8-7-9-23(24)19(3)4)15-16-27-17-18-28(26(27)30)22-13-11-21(12-14-22)25(29)31-6-2/h5,7-14,19H,6,15-18H2,1-4H3/b20-5-. The minimum absolute atomic E-state index is 0.0106. The number of carbonyl (C=O) groups is 2. The summed E-state index contributed by atoms with van der Waals surface area (Å²) in [4.78, 5) is 28.5. The first-order valence-corrected chi connectivity index (χ1v) is 11.0. The first-order valence-electron chi connectivity index (χ1n) is 11.0. The van der Waals surface area contributed by atoms with Gasteiger partial charge in [0.05, 0.1) is 12.2 Å². The molecule has 5 heteroatoms. The Morgan fingerprint density at radius 2 is 1.81 bits per heavy atom. The van der Waals surface area contributed by atoms with Crippen LogP contribution in [0, 0.1) is 0 Å². The van der Waals surface area contributed by atoms with Gasteiger partial charge in [-0.3, -0.25) is 4.90 Å². The van der Waals surface area contributed by atoms with E-state index in [4.69, 9.17) is 4.74 Å². The number of rotatable bonds is 8. The topological polar surface area (TPSA) is 49.9 Å². The highest BCUT2D eigenvalue weighted by molar-refractivity contribution is 5.95. The van der Waals surface area contributed by atoms with Gasteiger partial charge in [0.25, 0.3) is 0 Å². The minimum atomic E-state index is -0.344. The van der Waals surface area contributed by atoms with E-state index < -0.39 is 0 Å². The number of hydrogen-bond acceptors (Lipinski definition) is 3. The van der Waals surface area contributed by atoms with Crippen molar-refractivity contribution >= 4 is 23.3 Å². The van der Waals surface area contributed by atoms with E-state index in [1.165, 1.54) is 16.7 Å². The van der Waals surface area contributed by atoms with Gasteiger partial charge in [0, 0.05) is 25.3 Å². The number of anilines is 1. The highest BCUT2D eigenvalue weighted by atomic mass is 16.5. The van der Waals surface area contributed by atoms with Crippen molar-refractivity contribution in [2.24, 2.45) is 0 Å². The summed E-state index contributed by atoms with van der Waals surface area (Å²) in [5.41, 5.74) is 5.19. The number of benzene rings is 2. The Balaban J connectivity index is 1.65. The van der Waals surface area contributed by atoms with Crippen LogP contribution in [-0.4, -0.2) is 43.1 Å². The summed E-state index contributed by atoms with van der Waals surface area (Å²) in [6.07, 6.45) is 2.98. The maximum atomic E-state index is 13.0. The number of hydrogen-bond donors (Lipinski definition) is 0. The van der Waals surface area contributed by atoms with E-state index >= 15 is 0 Å². The van der Waals surface area contributed by atoms with E-state index in [-0.39, 0.29) is 12.0 Å². The first-order chi connectivity index (χ1) is 15.0. The molecule has 1 aliphatic heterocycles. The molecule has 1 heterocycles. The zero-order valence-electron chi connectivity index (χ0n) is 18.9. The fourth-order valence-electron chi connectivity index (χ4n) is 4.00. The van der Waals surface area contributed by atoms with Crippen molar-refractivity contribution in [3.8, 4) is 0 Å². The molecule has 164 valence electrons. The Kier molecular flexibility index (Phi) is 7.50. The number of carbonyl (C=O) groups excluding carboxylic acids is 2. The Morgan fingerprint density at radius 1 is 1.10 bits per heavy atom. The van der Waals surface area contributed by atoms with Crippen LogP contribution in [0.15, 0.2) is 54.6 Å². The van der Waals surface area contributed by atoms with E-state index in [9.17, 15) is 9.59 Å². The lowest BCUT2D eigenvalue weighted by molar-refractivity contribution is 0.0526. The molecule has 1 aliphatic rings. The van der Waals surface area contributed by atoms with E-state index in [1.54, 1.807) is 24.0 Å². The maximum Gasteiger partial charge on any atom is 0.338 e. The molecule has 2 aromatic carbocycles. The molecule has 0 atom stereocenters. The van der Waals surface area contributed by atoms with Crippen molar-refractivity contribution in [2.45, 2.75) is 40.0 Å². The molecular formula is C26H32N2O3. The van der Waals surface area contributed by atoms with Crippen LogP contribution in [0.25, 0.3) is 5.57 Å². The Labute approximate surface area is 185 Å². The average molecular weight is 421 g/mol. The summed E-state index contributed by atoms with van der Waals surface area (Å²) >= 11 is 0. The summed E-state index contributed by atoms with van der Waals surface area (Å²) in [6, 6.07) is 15.6. The molecule has 0 N–H and O–H groups in total. The van der Waals surface area contributed by atoms with Gasteiger partial charge in [0.15, 0.2) is 0 Å². The molecule has 0 aliphatic carbocycles. The third-order valence-corrected chi connectivity index (χ3v) is 5.71. The molecule has 5 nitrogen and oxygen atoms in total. The molecule has 0 radical (unpaired) electrons. The molecule has 0 aromatic heterocycles. The fourth-order valence-corrected chi connectivity index (χ4v) is 4.00. The third-order valence-electron chi connectivity index (χ3n) is 5.71. The first kappa shape index (κ1) is 22.6. The van der Waals surface area contributed by atoms with Gasteiger partial charge in [0.2, 0.25) is 0 Å². The van der Waals surface area contributed by atoms with E-state index in [0.717, 1.165) is 12.1 Å². The van der Waals surface area contributed by atoms with Gasteiger partial charge in [-0.2, -0.15) is 0 Å². The van der Waals surface area contributed by atoms with E-state index in [1.807, 2.05) is 17.0 Å². The molecule has 2 amide bonds. The van der Waals surface area contributed by atoms with Crippen LogP contribution in [0.3, 0.4) is 0 Å². The zero-order chi connectivity index (χ0) is 22.4. The molecule has 0 unspecified atom stereocenters. The molecule has 3 rings (SSSR count). The van der Waals surface area contributed by atoms with Gasteiger partial charge >= 0.3 is 12.0 Å². The smallest absolute Gasteiger partial charge is 0.338 e. The van der Waals surface area contributed by atoms with Crippen LogP contribution in [0.2, 0.25) is 0 Å². The lowest BCUT2D eigenvalue weighted by Gasteiger charge is -2.21. The van der Waals surface area contributed by atoms with Crippen molar-refractivity contribution in [3.63, 3.8) is 0 Å². The third kappa shape index (κ3) is 5.16. The SMILES string of the molecule is C/C=C(/CCN1CCN(c2ccc(C(=O)OCC)cc2)C1=O)c1ccccc1C(C)C. The number of urea groups is 1. The summed E-state index contributed by atoms with van der Waals surface area (Å²) in [5, 5.41) is 0. The minimum Gasteiger partial charge on any atom is -0.462 e. The second-order valence-electron chi connectivity index (χ2n) is 7.99. The highest BCUT2D eigenvalue weighted by Crippen LogP contribution is 2.29. The van der Waals surface area contributed by atoms with Crippen LogP contribution in [-0.2, 0) is 4.74 Å². The Hall–Kier alpha value is -3.08. The lowest BCUT2D eigenvalue weighted by Crippen LogP contribution is -2.32. The molecule has 0 saturated carbocycles. The Morgan fingerprint density at radius 3 is 2.45 bits per heavy atom. The number of allylic oxidation sites excluding steroid dienone is 1. The fraction of sp³-hybridized carbons (Fsp3) is 0.385.